The van der Waals surface area contributed by atoms with Gasteiger partial charge in [-0.1, -0.05) is 6.42 Å². The molecule has 2 rings (SSSR count). The predicted octanol–water partition coefficient (Wildman–Crippen LogP) is 3.87. The fourth-order valence-electron chi connectivity index (χ4n) is 3.48. The lowest BCUT2D eigenvalue weighted by Crippen LogP contribution is -2.46. The minimum absolute atomic E-state index is 0. The van der Waals surface area contributed by atoms with Crippen LogP contribution in [0.1, 0.15) is 51.9 Å². The zero-order chi connectivity index (χ0) is 18.8. The van der Waals surface area contributed by atoms with E-state index in [0.29, 0.717) is 32.1 Å². The minimum Gasteiger partial charge on any atom is -0.381 e. The molecule has 5 nitrogen and oxygen atoms in total. The Hall–Kier alpha value is -0.290. The van der Waals surface area contributed by atoms with Gasteiger partial charge in [0.1, 0.15) is 0 Å². The van der Waals surface area contributed by atoms with E-state index in [0.717, 1.165) is 38.9 Å². The van der Waals surface area contributed by atoms with Crippen LogP contribution in [-0.2, 0) is 9.47 Å². The van der Waals surface area contributed by atoms with E-state index >= 15 is 0 Å². The average Bonchev–Trinajstić information content (AvgIpc) is 2.62. The third-order valence-corrected chi connectivity index (χ3v) is 4.92. The van der Waals surface area contributed by atoms with Crippen molar-refractivity contribution in [1.82, 2.24) is 10.6 Å². The van der Waals surface area contributed by atoms with E-state index in [4.69, 9.17) is 9.47 Å². The number of alkyl halides is 3. The maximum absolute atomic E-state index is 12.9. The molecule has 2 fully saturated rings. The van der Waals surface area contributed by atoms with Gasteiger partial charge in [-0.05, 0) is 45.4 Å². The van der Waals surface area contributed by atoms with Crippen LogP contribution in [0.15, 0.2) is 4.99 Å². The van der Waals surface area contributed by atoms with Gasteiger partial charge < -0.3 is 20.1 Å². The van der Waals surface area contributed by atoms with Gasteiger partial charge in [0, 0.05) is 39.0 Å². The van der Waals surface area contributed by atoms with Gasteiger partial charge >= 0.3 is 6.18 Å². The molecule has 0 bridgehead atoms. The second-order valence-electron chi connectivity index (χ2n) is 7.04. The van der Waals surface area contributed by atoms with Gasteiger partial charge in [-0.3, -0.25) is 4.99 Å². The Kier molecular flexibility index (Phi) is 11.9. The standard InChI is InChI=1S/C18H32F3N3O2.HI/c1-2-22-17(23-9-4-10-26-16-7-11-25-12-8-16)24-15-6-3-5-14(13-15)18(19,20)21;/h14-16H,2-13H2,1H3,(H2,22,23,24);1H. The fourth-order valence-corrected chi connectivity index (χ4v) is 3.48. The predicted molar refractivity (Wildman–Crippen MR) is 111 cm³/mol. The average molecular weight is 507 g/mol. The number of guanidine groups is 1. The molecule has 160 valence electrons. The minimum atomic E-state index is -4.10. The highest BCUT2D eigenvalue weighted by Gasteiger charge is 2.42. The van der Waals surface area contributed by atoms with Gasteiger partial charge in [0.05, 0.1) is 12.0 Å². The molecule has 2 unspecified atom stereocenters. The van der Waals surface area contributed by atoms with Crippen LogP contribution in [0.3, 0.4) is 0 Å². The third kappa shape index (κ3) is 9.65. The molecular weight excluding hydrogens is 474 g/mol. The van der Waals surface area contributed by atoms with Crippen LogP contribution < -0.4 is 10.6 Å². The first kappa shape index (κ1) is 24.7. The summed E-state index contributed by atoms with van der Waals surface area (Å²) in [5.41, 5.74) is 0. The van der Waals surface area contributed by atoms with Crippen molar-refractivity contribution < 1.29 is 22.6 Å². The van der Waals surface area contributed by atoms with E-state index in [-0.39, 0.29) is 49.0 Å². The first-order valence-corrected chi connectivity index (χ1v) is 9.80. The van der Waals surface area contributed by atoms with Crippen molar-refractivity contribution in [1.29, 1.82) is 0 Å². The second kappa shape index (κ2) is 13.0. The van der Waals surface area contributed by atoms with Crippen molar-refractivity contribution in [3.05, 3.63) is 0 Å². The summed E-state index contributed by atoms with van der Waals surface area (Å²) in [6, 6.07) is -0.174. The highest BCUT2D eigenvalue weighted by Crippen LogP contribution is 2.37. The number of hydrogen-bond donors (Lipinski definition) is 2. The Morgan fingerprint density at radius 2 is 1.93 bits per heavy atom. The molecule has 0 amide bonds. The van der Waals surface area contributed by atoms with Crippen molar-refractivity contribution in [3.63, 3.8) is 0 Å². The molecule has 1 saturated carbocycles. The first-order chi connectivity index (χ1) is 12.5. The van der Waals surface area contributed by atoms with E-state index in [9.17, 15) is 13.2 Å². The lowest BCUT2D eigenvalue weighted by Gasteiger charge is -2.31. The van der Waals surface area contributed by atoms with Crippen molar-refractivity contribution in [3.8, 4) is 0 Å². The normalized spacial score (nSPS) is 25.0. The van der Waals surface area contributed by atoms with Crippen molar-refractivity contribution in [2.45, 2.75) is 70.2 Å². The monoisotopic (exact) mass is 507 g/mol. The lowest BCUT2D eigenvalue weighted by molar-refractivity contribution is -0.183. The number of ether oxygens (including phenoxy) is 2. The maximum atomic E-state index is 12.9. The lowest BCUT2D eigenvalue weighted by atomic mass is 9.85. The molecule has 0 spiro atoms. The number of nitrogens with zero attached hydrogens (tertiary/aromatic N) is 1. The van der Waals surface area contributed by atoms with E-state index in [1.807, 2.05) is 6.92 Å². The molecule has 1 aliphatic carbocycles. The molecule has 1 heterocycles. The molecule has 9 heteroatoms. The van der Waals surface area contributed by atoms with Gasteiger partial charge in [0.15, 0.2) is 5.96 Å². The molecule has 2 atom stereocenters. The van der Waals surface area contributed by atoms with Crippen LogP contribution in [0, 0.1) is 5.92 Å². The Labute approximate surface area is 177 Å². The summed E-state index contributed by atoms with van der Waals surface area (Å²) in [6.07, 6.45) is 0.566. The Morgan fingerprint density at radius 1 is 1.19 bits per heavy atom. The second-order valence-corrected chi connectivity index (χ2v) is 7.04. The zero-order valence-electron chi connectivity index (χ0n) is 16.0. The van der Waals surface area contributed by atoms with Gasteiger partial charge in [-0.2, -0.15) is 13.2 Å². The Bertz CT molecular complexity index is 433. The Morgan fingerprint density at radius 3 is 2.59 bits per heavy atom. The van der Waals surface area contributed by atoms with E-state index in [1.54, 1.807) is 0 Å². The number of nitrogens with one attached hydrogen (secondary N) is 2. The number of hydrogen-bond acceptors (Lipinski definition) is 3. The number of halogens is 4. The van der Waals surface area contributed by atoms with Crippen LogP contribution in [0.5, 0.6) is 0 Å². The molecule has 0 aromatic carbocycles. The number of rotatable bonds is 7. The van der Waals surface area contributed by atoms with Crippen LogP contribution in [0.2, 0.25) is 0 Å². The summed E-state index contributed by atoms with van der Waals surface area (Å²) in [5, 5.41) is 6.30. The Balaban J connectivity index is 0.00000364. The quantitative estimate of drug-likeness (QED) is 0.238. The van der Waals surface area contributed by atoms with Gasteiger partial charge in [0.2, 0.25) is 0 Å². The summed E-state index contributed by atoms with van der Waals surface area (Å²) in [7, 11) is 0. The molecular formula is C18H33F3IN3O2. The largest absolute Gasteiger partial charge is 0.391 e. The SMILES string of the molecule is CCNC(=NCCCOC1CCOCC1)NC1CCCC(C(F)(F)F)C1.I. The van der Waals surface area contributed by atoms with Crippen LogP contribution in [0.25, 0.3) is 0 Å². The van der Waals surface area contributed by atoms with Crippen molar-refractivity contribution >= 4 is 29.9 Å². The topological polar surface area (TPSA) is 54.9 Å². The van der Waals surface area contributed by atoms with Crippen LogP contribution in [-0.4, -0.2) is 57.2 Å². The van der Waals surface area contributed by atoms with Crippen molar-refractivity contribution in [2.75, 3.05) is 32.9 Å². The molecule has 2 N–H and O–H groups in total. The molecule has 27 heavy (non-hydrogen) atoms. The summed E-state index contributed by atoms with van der Waals surface area (Å²) >= 11 is 0. The summed E-state index contributed by atoms with van der Waals surface area (Å²) < 4.78 is 49.9. The van der Waals surface area contributed by atoms with E-state index in [1.165, 1.54) is 0 Å². The van der Waals surface area contributed by atoms with E-state index < -0.39 is 12.1 Å². The van der Waals surface area contributed by atoms with E-state index in [2.05, 4.69) is 15.6 Å². The van der Waals surface area contributed by atoms with Crippen LogP contribution in [0.4, 0.5) is 13.2 Å². The van der Waals surface area contributed by atoms with Gasteiger partial charge in [0.25, 0.3) is 0 Å². The summed E-state index contributed by atoms with van der Waals surface area (Å²) in [5.74, 6) is -0.601. The molecule has 0 aromatic rings. The smallest absolute Gasteiger partial charge is 0.381 e. The molecule has 1 saturated heterocycles. The molecule has 2 aliphatic rings. The number of aliphatic imine (C=N–C) groups is 1. The highest BCUT2D eigenvalue weighted by molar-refractivity contribution is 14.0. The first-order valence-electron chi connectivity index (χ1n) is 9.80. The van der Waals surface area contributed by atoms with Gasteiger partial charge in [-0.25, -0.2) is 0 Å². The summed E-state index contributed by atoms with van der Waals surface area (Å²) in [6.45, 7) is 5.39. The maximum Gasteiger partial charge on any atom is 0.391 e. The summed E-state index contributed by atoms with van der Waals surface area (Å²) in [4.78, 5) is 4.49. The fraction of sp³-hybridized carbons (Fsp3) is 0.944. The third-order valence-electron chi connectivity index (χ3n) is 4.92. The molecule has 1 aliphatic heterocycles. The van der Waals surface area contributed by atoms with Gasteiger partial charge in [-0.15, -0.1) is 24.0 Å². The molecule has 0 aromatic heterocycles. The highest BCUT2D eigenvalue weighted by atomic mass is 127. The molecule has 0 radical (unpaired) electrons. The van der Waals surface area contributed by atoms with Crippen LogP contribution >= 0.6 is 24.0 Å². The zero-order valence-corrected chi connectivity index (χ0v) is 18.4. The van der Waals surface area contributed by atoms with Crippen molar-refractivity contribution in [2.24, 2.45) is 10.9 Å².